The molecular weight excluding hydrogens is 172 g/mol. The van der Waals surface area contributed by atoms with Gasteiger partial charge in [-0.3, -0.25) is 4.79 Å². The molecule has 0 spiro atoms. The van der Waals surface area contributed by atoms with Crippen LogP contribution in [0.3, 0.4) is 0 Å². The number of hydrogen-bond donors (Lipinski definition) is 0. The molecule has 1 heteroatoms. The van der Waals surface area contributed by atoms with Gasteiger partial charge in [0.15, 0.2) is 0 Å². The second kappa shape index (κ2) is 8.98. The van der Waals surface area contributed by atoms with E-state index in [2.05, 4.69) is 26.8 Å². The second-order valence-corrected chi connectivity index (χ2v) is 4.17. The highest BCUT2D eigenvalue weighted by molar-refractivity contribution is 5.78. The van der Waals surface area contributed by atoms with E-state index in [1.54, 1.807) is 0 Å². The monoisotopic (exact) mass is 196 g/mol. The zero-order chi connectivity index (χ0) is 10.8. The molecule has 0 aromatic rings. The van der Waals surface area contributed by atoms with E-state index in [0.29, 0.717) is 5.78 Å². The van der Waals surface area contributed by atoms with Gasteiger partial charge in [-0.15, -0.1) is 0 Å². The fourth-order valence-electron chi connectivity index (χ4n) is 1.36. The van der Waals surface area contributed by atoms with Gasteiger partial charge in [0.1, 0.15) is 5.78 Å². The maximum Gasteiger partial charge on any atom is 0.132 e. The smallest absolute Gasteiger partial charge is 0.132 e. The summed E-state index contributed by atoms with van der Waals surface area (Å²) in [6, 6.07) is 0. The first-order chi connectivity index (χ1) is 6.66. The Morgan fingerprint density at radius 1 is 1.07 bits per heavy atom. The van der Waals surface area contributed by atoms with Crippen molar-refractivity contribution < 1.29 is 4.79 Å². The highest BCUT2D eigenvalue weighted by Crippen LogP contribution is 2.06. The van der Waals surface area contributed by atoms with E-state index in [9.17, 15) is 4.79 Å². The van der Waals surface area contributed by atoms with Gasteiger partial charge >= 0.3 is 0 Å². The van der Waals surface area contributed by atoms with Crippen LogP contribution in [-0.4, -0.2) is 5.78 Å². The molecule has 0 N–H and O–H groups in total. The van der Waals surface area contributed by atoms with Crippen molar-refractivity contribution in [1.29, 1.82) is 0 Å². The summed E-state index contributed by atoms with van der Waals surface area (Å²) in [6.45, 7) is 6.36. The van der Waals surface area contributed by atoms with Gasteiger partial charge in [-0.1, -0.05) is 25.0 Å². The summed E-state index contributed by atoms with van der Waals surface area (Å²) in [5.41, 5.74) is 1.38. The first kappa shape index (κ1) is 13.4. The predicted molar refractivity (Wildman–Crippen MR) is 62.4 cm³/mol. The Kier molecular flexibility index (Phi) is 8.61. The highest BCUT2D eigenvalue weighted by Gasteiger charge is 1.99. The minimum atomic E-state index is 0.448. The van der Waals surface area contributed by atoms with E-state index in [0.717, 1.165) is 44.9 Å². The number of carbonyl (C=O) groups excluding carboxylic acids is 1. The van der Waals surface area contributed by atoms with Crippen molar-refractivity contribution in [2.75, 3.05) is 0 Å². The number of ketones is 1. The highest BCUT2D eigenvalue weighted by atomic mass is 16.1. The molecule has 14 heavy (non-hydrogen) atoms. The standard InChI is InChI=1S/C13H24O/c1-4-5-10-13(14)11-8-6-7-9-12(2)3/h9H,4-8,10-11H2,1-3H3. The summed E-state index contributed by atoms with van der Waals surface area (Å²) >= 11 is 0. The summed E-state index contributed by atoms with van der Waals surface area (Å²) in [5.74, 6) is 0.448. The van der Waals surface area contributed by atoms with Crippen molar-refractivity contribution in [2.24, 2.45) is 0 Å². The zero-order valence-corrected chi connectivity index (χ0v) is 9.94. The quantitative estimate of drug-likeness (QED) is 0.418. The lowest BCUT2D eigenvalue weighted by atomic mass is 10.1. The lowest BCUT2D eigenvalue weighted by molar-refractivity contribution is -0.119. The topological polar surface area (TPSA) is 17.1 Å². The van der Waals surface area contributed by atoms with Crippen LogP contribution in [0.25, 0.3) is 0 Å². The third-order valence-electron chi connectivity index (χ3n) is 2.27. The number of carbonyl (C=O) groups is 1. The Balaban J connectivity index is 3.27. The van der Waals surface area contributed by atoms with Crippen molar-refractivity contribution >= 4 is 5.78 Å². The largest absolute Gasteiger partial charge is 0.300 e. The van der Waals surface area contributed by atoms with Crippen molar-refractivity contribution in [3.05, 3.63) is 11.6 Å². The number of hydrogen-bond acceptors (Lipinski definition) is 1. The SMILES string of the molecule is CCCCC(=O)CCCCC=C(C)C. The maximum atomic E-state index is 11.3. The molecule has 0 bridgehead atoms. The Bertz CT molecular complexity index is 176. The predicted octanol–water partition coefficient (Wildman–Crippen LogP) is 4.27. The Hall–Kier alpha value is -0.590. The molecule has 0 atom stereocenters. The van der Waals surface area contributed by atoms with E-state index >= 15 is 0 Å². The molecule has 0 radical (unpaired) electrons. The lowest BCUT2D eigenvalue weighted by Crippen LogP contribution is -1.96. The third kappa shape index (κ3) is 9.50. The van der Waals surface area contributed by atoms with Crippen molar-refractivity contribution in [3.63, 3.8) is 0 Å². The molecule has 0 amide bonds. The minimum absolute atomic E-state index is 0.448. The van der Waals surface area contributed by atoms with Crippen LogP contribution in [-0.2, 0) is 4.79 Å². The molecule has 0 aliphatic heterocycles. The number of rotatable bonds is 8. The van der Waals surface area contributed by atoms with Crippen molar-refractivity contribution in [1.82, 2.24) is 0 Å². The van der Waals surface area contributed by atoms with Crippen molar-refractivity contribution in [3.8, 4) is 0 Å². The van der Waals surface area contributed by atoms with Crippen molar-refractivity contribution in [2.45, 2.75) is 65.7 Å². The van der Waals surface area contributed by atoms with E-state index in [-0.39, 0.29) is 0 Å². The molecule has 0 rings (SSSR count). The third-order valence-corrected chi connectivity index (χ3v) is 2.27. The Morgan fingerprint density at radius 3 is 2.29 bits per heavy atom. The average molecular weight is 196 g/mol. The molecule has 0 saturated heterocycles. The molecule has 0 aromatic carbocycles. The van der Waals surface area contributed by atoms with Crippen LogP contribution in [0.4, 0.5) is 0 Å². The second-order valence-electron chi connectivity index (χ2n) is 4.17. The van der Waals surface area contributed by atoms with Crippen LogP contribution in [0.15, 0.2) is 11.6 Å². The van der Waals surface area contributed by atoms with Crippen LogP contribution < -0.4 is 0 Å². The fourth-order valence-corrected chi connectivity index (χ4v) is 1.36. The summed E-state index contributed by atoms with van der Waals surface area (Å²) in [7, 11) is 0. The van der Waals surface area contributed by atoms with Crippen LogP contribution >= 0.6 is 0 Å². The van der Waals surface area contributed by atoms with Crippen LogP contribution in [0.5, 0.6) is 0 Å². The summed E-state index contributed by atoms with van der Waals surface area (Å²) < 4.78 is 0. The molecule has 0 fully saturated rings. The normalized spacial score (nSPS) is 9.93. The van der Waals surface area contributed by atoms with Gasteiger partial charge in [0.25, 0.3) is 0 Å². The molecule has 0 unspecified atom stereocenters. The average Bonchev–Trinajstić information content (AvgIpc) is 2.13. The van der Waals surface area contributed by atoms with E-state index < -0.39 is 0 Å². The zero-order valence-electron chi connectivity index (χ0n) is 9.94. The van der Waals surface area contributed by atoms with Gasteiger partial charge in [-0.2, -0.15) is 0 Å². The molecule has 0 saturated carbocycles. The number of Topliss-reactive ketones (excluding diaryl/α,β-unsaturated/α-hetero) is 1. The Labute approximate surface area is 88.6 Å². The minimum Gasteiger partial charge on any atom is -0.300 e. The molecule has 0 aliphatic rings. The van der Waals surface area contributed by atoms with Crippen LogP contribution in [0, 0.1) is 0 Å². The van der Waals surface area contributed by atoms with Gasteiger partial charge in [-0.25, -0.2) is 0 Å². The van der Waals surface area contributed by atoms with Gasteiger partial charge in [0.2, 0.25) is 0 Å². The molecule has 0 aliphatic carbocycles. The first-order valence-electron chi connectivity index (χ1n) is 5.82. The summed E-state index contributed by atoms with van der Waals surface area (Å²) in [5, 5.41) is 0. The molecule has 1 nitrogen and oxygen atoms in total. The number of allylic oxidation sites excluding steroid dienone is 2. The number of unbranched alkanes of at least 4 members (excludes halogenated alkanes) is 3. The van der Waals surface area contributed by atoms with Crippen LogP contribution in [0.2, 0.25) is 0 Å². The fraction of sp³-hybridized carbons (Fsp3) is 0.769. The molecular formula is C13H24O. The Morgan fingerprint density at radius 2 is 1.71 bits per heavy atom. The molecule has 82 valence electrons. The maximum absolute atomic E-state index is 11.3. The van der Waals surface area contributed by atoms with E-state index in [1.807, 2.05) is 0 Å². The van der Waals surface area contributed by atoms with E-state index in [4.69, 9.17) is 0 Å². The summed E-state index contributed by atoms with van der Waals surface area (Å²) in [6.07, 6.45) is 9.36. The van der Waals surface area contributed by atoms with Gasteiger partial charge in [-0.05, 0) is 39.5 Å². The van der Waals surface area contributed by atoms with Gasteiger partial charge in [0.05, 0.1) is 0 Å². The first-order valence-corrected chi connectivity index (χ1v) is 5.82. The molecule has 0 heterocycles. The molecule has 0 aromatic heterocycles. The van der Waals surface area contributed by atoms with Crippen LogP contribution in [0.1, 0.15) is 65.7 Å². The van der Waals surface area contributed by atoms with Gasteiger partial charge in [0, 0.05) is 12.8 Å². The van der Waals surface area contributed by atoms with Gasteiger partial charge < -0.3 is 0 Å². The lowest BCUT2D eigenvalue weighted by Gasteiger charge is -1.99. The summed E-state index contributed by atoms with van der Waals surface area (Å²) in [4.78, 5) is 11.3. The van der Waals surface area contributed by atoms with E-state index in [1.165, 1.54) is 5.57 Å².